The molecule has 3 rings (SSSR count). The molecule has 2 N–H and O–H groups in total. The van der Waals surface area contributed by atoms with Gasteiger partial charge in [-0.1, -0.05) is 60.1 Å². The van der Waals surface area contributed by atoms with Gasteiger partial charge in [-0.2, -0.15) is 0 Å². The van der Waals surface area contributed by atoms with Crippen molar-refractivity contribution in [3.63, 3.8) is 0 Å². The van der Waals surface area contributed by atoms with Crippen molar-refractivity contribution in [3.8, 4) is 0 Å². The van der Waals surface area contributed by atoms with Gasteiger partial charge in [-0.15, -0.1) is 0 Å². The Morgan fingerprint density at radius 3 is 1.80 bits per heavy atom. The molecular formula is C17H12ClNO. The largest absolute Gasteiger partial charge is 0.366 e. The van der Waals surface area contributed by atoms with Crippen molar-refractivity contribution < 1.29 is 4.79 Å². The molecule has 0 unspecified atom stereocenters. The first-order valence-electron chi connectivity index (χ1n) is 6.25. The summed E-state index contributed by atoms with van der Waals surface area (Å²) in [6.07, 6.45) is 3.13. The van der Waals surface area contributed by atoms with E-state index in [1.54, 1.807) is 6.08 Å². The zero-order valence-electron chi connectivity index (χ0n) is 10.6. The van der Waals surface area contributed by atoms with Crippen LogP contribution in [-0.2, 0) is 4.79 Å². The third-order valence-corrected chi connectivity index (χ3v) is 3.73. The third kappa shape index (κ3) is 2.04. The van der Waals surface area contributed by atoms with Gasteiger partial charge in [-0.25, -0.2) is 0 Å². The van der Waals surface area contributed by atoms with E-state index in [0.29, 0.717) is 0 Å². The summed E-state index contributed by atoms with van der Waals surface area (Å²) in [4.78, 5) is 11.0. The van der Waals surface area contributed by atoms with Gasteiger partial charge in [0, 0.05) is 16.8 Å². The van der Waals surface area contributed by atoms with Crippen LogP contribution in [0, 0.1) is 0 Å². The number of amides is 1. The SMILES string of the molecule is NC(=O)/C=C/c1c2ccccc2c(Cl)c2ccccc12. The normalized spacial score (nSPS) is 11.4. The number of primary amides is 1. The van der Waals surface area contributed by atoms with Gasteiger partial charge in [-0.3, -0.25) is 4.79 Å². The first-order valence-corrected chi connectivity index (χ1v) is 6.63. The Morgan fingerprint density at radius 2 is 1.35 bits per heavy atom. The molecule has 0 fully saturated rings. The maximum absolute atomic E-state index is 11.0. The highest BCUT2D eigenvalue weighted by Crippen LogP contribution is 2.36. The van der Waals surface area contributed by atoms with E-state index in [-0.39, 0.29) is 0 Å². The zero-order valence-corrected chi connectivity index (χ0v) is 11.4. The van der Waals surface area contributed by atoms with Crippen molar-refractivity contribution in [1.29, 1.82) is 0 Å². The van der Waals surface area contributed by atoms with Crippen LogP contribution in [0.5, 0.6) is 0 Å². The fourth-order valence-corrected chi connectivity index (χ4v) is 2.78. The molecule has 0 saturated carbocycles. The molecule has 98 valence electrons. The minimum Gasteiger partial charge on any atom is -0.366 e. The zero-order chi connectivity index (χ0) is 14.1. The maximum atomic E-state index is 11.0. The van der Waals surface area contributed by atoms with Crippen LogP contribution in [0.1, 0.15) is 5.56 Å². The van der Waals surface area contributed by atoms with Crippen molar-refractivity contribution in [3.05, 3.63) is 65.2 Å². The van der Waals surface area contributed by atoms with Gasteiger partial charge in [0.15, 0.2) is 0 Å². The second kappa shape index (κ2) is 4.99. The van der Waals surface area contributed by atoms with Crippen LogP contribution in [0.3, 0.4) is 0 Å². The van der Waals surface area contributed by atoms with Crippen LogP contribution >= 0.6 is 11.6 Å². The Morgan fingerprint density at radius 1 is 0.900 bits per heavy atom. The van der Waals surface area contributed by atoms with Crippen LogP contribution in [0.25, 0.3) is 27.6 Å². The van der Waals surface area contributed by atoms with Crippen LogP contribution in [0.2, 0.25) is 5.02 Å². The van der Waals surface area contributed by atoms with Gasteiger partial charge in [0.05, 0.1) is 5.02 Å². The van der Waals surface area contributed by atoms with E-state index in [9.17, 15) is 4.79 Å². The Bertz CT molecular complexity index is 795. The van der Waals surface area contributed by atoms with E-state index in [0.717, 1.165) is 32.1 Å². The fraction of sp³-hybridized carbons (Fsp3) is 0. The molecule has 3 aromatic rings. The number of hydrogen-bond donors (Lipinski definition) is 1. The van der Waals surface area contributed by atoms with E-state index in [2.05, 4.69) is 0 Å². The van der Waals surface area contributed by atoms with E-state index >= 15 is 0 Å². The van der Waals surface area contributed by atoms with Crippen molar-refractivity contribution in [2.45, 2.75) is 0 Å². The van der Waals surface area contributed by atoms with Crippen LogP contribution < -0.4 is 5.73 Å². The molecule has 0 aromatic heterocycles. The Balaban J connectivity index is 2.49. The molecule has 0 radical (unpaired) electrons. The van der Waals surface area contributed by atoms with Crippen LogP contribution in [0.15, 0.2) is 54.6 Å². The molecular weight excluding hydrogens is 270 g/mol. The quantitative estimate of drug-likeness (QED) is 0.557. The van der Waals surface area contributed by atoms with Crippen LogP contribution in [0.4, 0.5) is 0 Å². The smallest absolute Gasteiger partial charge is 0.241 e. The van der Waals surface area contributed by atoms with Crippen molar-refractivity contribution >= 4 is 45.1 Å². The fourth-order valence-electron chi connectivity index (χ4n) is 2.45. The number of fused-ring (bicyclic) bond motifs is 2. The summed E-state index contributed by atoms with van der Waals surface area (Å²) in [6.45, 7) is 0. The molecule has 0 aliphatic carbocycles. The lowest BCUT2D eigenvalue weighted by Gasteiger charge is -2.10. The van der Waals surface area contributed by atoms with E-state index in [1.165, 1.54) is 6.08 Å². The molecule has 3 heteroatoms. The molecule has 0 heterocycles. The van der Waals surface area contributed by atoms with E-state index in [1.807, 2.05) is 48.5 Å². The number of carbonyl (C=O) groups excluding carboxylic acids is 1. The van der Waals surface area contributed by atoms with Gasteiger partial charge in [0.25, 0.3) is 0 Å². The summed E-state index contributed by atoms with van der Waals surface area (Å²) in [5, 5.41) is 4.68. The molecule has 0 aliphatic heterocycles. The molecule has 0 bridgehead atoms. The van der Waals surface area contributed by atoms with Crippen LogP contribution in [-0.4, -0.2) is 5.91 Å². The summed E-state index contributed by atoms with van der Waals surface area (Å²) >= 11 is 6.49. The molecule has 2 nitrogen and oxygen atoms in total. The monoisotopic (exact) mass is 281 g/mol. The van der Waals surface area contributed by atoms with Crippen molar-refractivity contribution in [2.75, 3.05) is 0 Å². The number of benzene rings is 3. The molecule has 0 saturated heterocycles. The van der Waals surface area contributed by atoms with Crippen molar-refractivity contribution in [1.82, 2.24) is 0 Å². The van der Waals surface area contributed by atoms with Crippen molar-refractivity contribution in [2.24, 2.45) is 5.73 Å². The summed E-state index contributed by atoms with van der Waals surface area (Å²) in [5.41, 5.74) is 6.16. The number of nitrogens with two attached hydrogens (primary N) is 1. The molecule has 1 amide bonds. The lowest BCUT2D eigenvalue weighted by molar-refractivity contribution is -0.113. The number of rotatable bonds is 2. The number of carbonyl (C=O) groups is 1. The van der Waals surface area contributed by atoms with E-state index in [4.69, 9.17) is 17.3 Å². The topological polar surface area (TPSA) is 43.1 Å². The second-order valence-corrected chi connectivity index (χ2v) is 4.93. The Labute approximate surface area is 121 Å². The highest BCUT2D eigenvalue weighted by atomic mass is 35.5. The first kappa shape index (κ1) is 12.7. The molecule has 0 atom stereocenters. The van der Waals surface area contributed by atoms with Gasteiger partial charge in [-0.05, 0) is 22.4 Å². The Kier molecular flexibility index (Phi) is 3.17. The van der Waals surface area contributed by atoms with Gasteiger partial charge in [0.1, 0.15) is 0 Å². The first-order chi connectivity index (χ1) is 9.68. The molecule has 3 aromatic carbocycles. The number of halogens is 1. The minimum atomic E-state index is -0.465. The predicted molar refractivity (Wildman–Crippen MR) is 84.7 cm³/mol. The highest BCUT2D eigenvalue weighted by molar-refractivity contribution is 6.41. The highest BCUT2D eigenvalue weighted by Gasteiger charge is 2.10. The average molecular weight is 282 g/mol. The second-order valence-electron chi connectivity index (χ2n) is 4.55. The van der Waals surface area contributed by atoms with Gasteiger partial charge >= 0.3 is 0 Å². The summed E-state index contributed by atoms with van der Waals surface area (Å²) in [6, 6.07) is 15.7. The number of hydrogen-bond acceptors (Lipinski definition) is 1. The Hall–Kier alpha value is -2.32. The average Bonchev–Trinajstić information content (AvgIpc) is 2.47. The molecule has 0 aliphatic rings. The van der Waals surface area contributed by atoms with E-state index < -0.39 is 5.91 Å². The van der Waals surface area contributed by atoms with Gasteiger partial charge in [0.2, 0.25) is 5.91 Å². The summed E-state index contributed by atoms with van der Waals surface area (Å²) in [7, 11) is 0. The third-order valence-electron chi connectivity index (χ3n) is 3.32. The lowest BCUT2D eigenvalue weighted by atomic mass is 9.96. The van der Waals surface area contributed by atoms with Gasteiger partial charge < -0.3 is 5.73 Å². The summed E-state index contributed by atoms with van der Waals surface area (Å²) < 4.78 is 0. The molecule has 0 spiro atoms. The minimum absolute atomic E-state index is 0.465. The molecule has 20 heavy (non-hydrogen) atoms. The summed E-state index contributed by atoms with van der Waals surface area (Å²) in [5.74, 6) is -0.465. The maximum Gasteiger partial charge on any atom is 0.241 e. The predicted octanol–water partition coefficient (Wildman–Crippen LogP) is 4.14. The standard InChI is InChI=1S/C17H12ClNO/c18-17-14-7-3-1-5-11(14)13(9-10-16(19)20)12-6-2-4-8-15(12)17/h1-10H,(H2,19,20)/b10-9+. The lowest BCUT2D eigenvalue weighted by Crippen LogP contribution is -2.05.